The zero-order chi connectivity index (χ0) is 26.1. The SMILES string of the molecule is CN(C)c1ccc(C(=O)c2ccccc2C(=O)N2CCC(c3nc4ccccc4o3)CC2)cc1[N+](=O)[O-]. The molecule has 0 bridgehead atoms. The van der Waals surface area contributed by atoms with Crippen LogP contribution >= 0.6 is 0 Å². The van der Waals surface area contributed by atoms with Crippen LogP contribution in [0.25, 0.3) is 11.1 Å². The number of nitro groups is 1. The number of rotatable bonds is 6. The quantitative estimate of drug-likeness (QED) is 0.208. The molecule has 1 aliphatic heterocycles. The van der Waals surface area contributed by atoms with Crippen LogP contribution in [-0.2, 0) is 0 Å². The minimum absolute atomic E-state index is 0.115. The molecular weight excluding hydrogens is 472 g/mol. The number of para-hydroxylation sites is 2. The van der Waals surface area contributed by atoms with Crippen molar-refractivity contribution in [2.75, 3.05) is 32.1 Å². The fourth-order valence-corrected chi connectivity index (χ4v) is 4.78. The summed E-state index contributed by atoms with van der Waals surface area (Å²) in [5.41, 5.74) is 2.47. The molecule has 3 aromatic carbocycles. The Labute approximate surface area is 213 Å². The lowest BCUT2D eigenvalue weighted by Crippen LogP contribution is -2.38. The largest absolute Gasteiger partial charge is 0.440 e. The Balaban J connectivity index is 1.35. The van der Waals surface area contributed by atoms with Crippen LogP contribution in [0.15, 0.2) is 71.1 Å². The molecule has 5 rings (SSSR count). The monoisotopic (exact) mass is 498 g/mol. The summed E-state index contributed by atoms with van der Waals surface area (Å²) in [6.07, 6.45) is 1.40. The number of carbonyl (C=O) groups is 2. The van der Waals surface area contributed by atoms with Crippen LogP contribution in [0.1, 0.15) is 50.9 Å². The standard InChI is InChI=1S/C28H26N4O5/c1-30(2)23-12-11-19(17-24(23)32(35)36)26(33)20-7-3-4-8-21(20)28(34)31-15-13-18(14-16-31)27-29-22-9-5-6-10-25(22)37-27/h3-12,17-18H,13-16H2,1-2H3. The van der Waals surface area contributed by atoms with E-state index >= 15 is 0 Å². The maximum Gasteiger partial charge on any atom is 0.293 e. The van der Waals surface area contributed by atoms with Crippen LogP contribution in [-0.4, -0.2) is 53.7 Å². The fraction of sp³-hybridized carbons (Fsp3) is 0.250. The molecule has 0 aliphatic carbocycles. The van der Waals surface area contributed by atoms with E-state index in [-0.39, 0.29) is 34.2 Å². The lowest BCUT2D eigenvalue weighted by Gasteiger charge is -2.31. The Bertz CT molecular complexity index is 1470. The van der Waals surface area contributed by atoms with E-state index in [1.807, 2.05) is 24.3 Å². The molecule has 0 saturated carbocycles. The molecule has 0 spiro atoms. The van der Waals surface area contributed by atoms with Crippen LogP contribution in [0.5, 0.6) is 0 Å². The molecule has 9 nitrogen and oxygen atoms in total. The number of oxazole rings is 1. The van der Waals surface area contributed by atoms with Crippen molar-refractivity contribution in [2.45, 2.75) is 18.8 Å². The number of carbonyl (C=O) groups excluding carboxylic acids is 2. The van der Waals surface area contributed by atoms with E-state index in [9.17, 15) is 19.7 Å². The maximum absolute atomic E-state index is 13.5. The topological polar surface area (TPSA) is 110 Å². The maximum atomic E-state index is 13.5. The number of likely N-dealkylation sites (tertiary alicyclic amines) is 1. The molecule has 1 aliphatic rings. The van der Waals surface area contributed by atoms with Gasteiger partial charge in [-0.2, -0.15) is 0 Å². The first-order valence-electron chi connectivity index (χ1n) is 12.1. The molecule has 37 heavy (non-hydrogen) atoms. The number of ketones is 1. The van der Waals surface area contributed by atoms with Gasteiger partial charge < -0.3 is 14.2 Å². The van der Waals surface area contributed by atoms with Gasteiger partial charge in [0.1, 0.15) is 11.2 Å². The summed E-state index contributed by atoms with van der Waals surface area (Å²) in [6, 6.07) is 18.6. The minimum atomic E-state index is -0.510. The van der Waals surface area contributed by atoms with Gasteiger partial charge in [-0.25, -0.2) is 4.98 Å². The molecule has 0 N–H and O–H groups in total. The highest BCUT2D eigenvalue weighted by Crippen LogP contribution is 2.32. The number of fused-ring (bicyclic) bond motifs is 1. The van der Waals surface area contributed by atoms with Gasteiger partial charge in [0.25, 0.3) is 11.6 Å². The molecule has 0 atom stereocenters. The molecule has 2 heterocycles. The van der Waals surface area contributed by atoms with Crippen molar-refractivity contribution >= 4 is 34.2 Å². The van der Waals surface area contributed by atoms with Crippen LogP contribution in [0, 0.1) is 10.1 Å². The average Bonchev–Trinajstić information content (AvgIpc) is 3.36. The third-order valence-electron chi connectivity index (χ3n) is 6.76. The van der Waals surface area contributed by atoms with Crippen molar-refractivity contribution in [3.63, 3.8) is 0 Å². The van der Waals surface area contributed by atoms with Gasteiger partial charge in [-0.3, -0.25) is 19.7 Å². The van der Waals surface area contributed by atoms with E-state index in [1.165, 1.54) is 6.07 Å². The normalized spacial score (nSPS) is 14.1. The van der Waals surface area contributed by atoms with Crippen LogP contribution in [0.2, 0.25) is 0 Å². The molecule has 1 saturated heterocycles. The molecule has 0 radical (unpaired) electrons. The molecule has 0 unspecified atom stereocenters. The summed E-state index contributed by atoms with van der Waals surface area (Å²) in [5.74, 6) is 0.133. The third-order valence-corrected chi connectivity index (χ3v) is 6.76. The zero-order valence-electron chi connectivity index (χ0n) is 20.6. The number of nitro benzene ring substituents is 1. The first-order chi connectivity index (χ1) is 17.8. The van der Waals surface area contributed by atoms with Gasteiger partial charge in [-0.15, -0.1) is 0 Å². The Morgan fingerprint density at radius 3 is 2.35 bits per heavy atom. The van der Waals surface area contributed by atoms with E-state index in [4.69, 9.17) is 4.42 Å². The summed E-state index contributed by atoms with van der Waals surface area (Å²) in [7, 11) is 3.40. The van der Waals surface area contributed by atoms with Crippen LogP contribution < -0.4 is 4.90 Å². The number of piperidine rings is 1. The summed E-state index contributed by atoms with van der Waals surface area (Å²) in [6.45, 7) is 1.02. The van der Waals surface area contributed by atoms with Gasteiger partial charge in [-0.05, 0) is 43.2 Å². The van der Waals surface area contributed by atoms with Crippen molar-refractivity contribution in [3.05, 3.63) is 99.4 Å². The van der Waals surface area contributed by atoms with Crippen molar-refractivity contribution in [3.8, 4) is 0 Å². The third kappa shape index (κ3) is 4.67. The van der Waals surface area contributed by atoms with Crippen LogP contribution in [0.3, 0.4) is 0 Å². The molecular formula is C28H26N4O5. The van der Waals surface area contributed by atoms with E-state index in [1.54, 1.807) is 60.3 Å². The Morgan fingerprint density at radius 2 is 1.68 bits per heavy atom. The first kappa shape index (κ1) is 24.2. The minimum Gasteiger partial charge on any atom is -0.440 e. The van der Waals surface area contributed by atoms with Gasteiger partial charge >= 0.3 is 0 Å². The molecule has 9 heteroatoms. The summed E-state index contributed by atoms with van der Waals surface area (Å²) in [5, 5.41) is 11.6. The summed E-state index contributed by atoms with van der Waals surface area (Å²) < 4.78 is 5.93. The number of benzene rings is 3. The van der Waals surface area contributed by atoms with Gasteiger partial charge in [0.05, 0.1) is 10.5 Å². The second-order valence-corrected chi connectivity index (χ2v) is 9.32. The summed E-state index contributed by atoms with van der Waals surface area (Å²) in [4.78, 5) is 45.9. The summed E-state index contributed by atoms with van der Waals surface area (Å²) >= 11 is 0. The average molecular weight is 499 g/mol. The Kier molecular flexibility index (Phi) is 6.43. The van der Waals surface area contributed by atoms with E-state index in [0.717, 1.165) is 11.1 Å². The molecule has 1 aromatic heterocycles. The predicted molar refractivity (Wildman–Crippen MR) is 139 cm³/mol. The van der Waals surface area contributed by atoms with E-state index in [2.05, 4.69) is 4.98 Å². The number of amides is 1. The highest BCUT2D eigenvalue weighted by molar-refractivity contribution is 6.15. The smallest absolute Gasteiger partial charge is 0.293 e. The predicted octanol–water partition coefficient (Wildman–Crippen LogP) is 5.05. The molecule has 1 amide bonds. The number of nitrogens with zero attached hydrogens (tertiary/aromatic N) is 4. The van der Waals surface area contributed by atoms with Crippen molar-refractivity contribution in [1.29, 1.82) is 0 Å². The number of anilines is 1. The van der Waals surface area contributed by atoms with Gasteiger partial charge in [0.15, 0.2) is 17.3 Å². The van der Waals surface area contributed by atoms with Crippen molar-refractivity contribution in [2.24, 2.45) is 0 Å². The second-order valence-electron chi connectivity index (χ2n) is 9.32. The number of hydrogen-bond acceptors (Lipinski definition) is 7. The number of aromatic nitrogens is 1. The van der Waals surface area contributed by atoms with Crippen molar-refractivity contribution < 1.29 is 18.9 Å². The highest BCUT2D eigenvalue weighted by Gasteiger charge is 2.30. The second kappa shape index (κ2) is 9.85. The number of hydrogen-bond donors (Lipinski definition) is 0. The molecule has 1 fully saturated rings. The van der Waals surface area contributed by atoms with Crippen LogP contribution in [0.4, 0.5) is 11.4 Å². The Morgan fingerprint density at radius 1 is 1.00 bits per heavy atom. The van der Waals surface area contributed by atoms with E-state index < -0.39 is 10.7 Å². The molecule has 4 aromatic rings. The van der Waals surface area contributed by atoms with Gasteiger partial charge in [0, 0.05) is 50.3 Å². The fourth-order valence-electron chi connectivity index (χ4n) is 4.78. The van der Waals surface area contributed by atoms with E-state index in [0.29, 0.717) is 37.5 Å². The van der Waals surface area contributed by atoms with Crippen molar-refractivity contribution in [1.82, 2.24) is 9.88 Å². The Hall–Kier alpha value is -4.53. The molecule has 188 valence electrons. The highest BCUT2D eigenvalue weighted by atomic mass is 16.6. The van der Waals surface area contributed by atoms with Gasteiger partial charge in [0.2, 0.25) is 0 Å². The first-order valence-corrected chi connectivity index (χ1v) is 12.1. The van der Waals surface area contributed by atoms with Gasteiger partial charge in [-0.1, -0.05) is 30.3 Å². The lowest BCUT2D eigenvalue weighted by atomic mass is 9.94. The lowest BCUT2D eigenvalue weighted by molar-refractivity contribution is -0.384. The zero-order valence-corrected chi connectivity index (χ0v) is 20.6.